The molecule has 0 bridgehead atoms. The molecule has 146 valence electrons. The highest BCUT2D eigenvalue weighted by Gasteiger charge is 2.30. The second kappa shape index (κ2) is 7.54. The van der Waals surface area contributed by atoms with Crippen molar-refractivity contribution in [1.29, 1.82) is 0 Å². The Hall–Kier alpha value is -2.41. The van der Waals surface area contributed by atoms with Gasteiger partial charge in [0.1, 0.15) is 17.7 Å². The van der Waals surface area contributed by atoms with E-state index < -0.39 is 6.23 Å². The van der Waals surface area contributed by atoms with Crippen LogP contribution in [0.5, 0.6) is 0 Å². The van der Waals surface area contributed by atoms with Crippen LogP contribution in [0.4, 0.5) is 5.82 Å². The maximum Gasteiger partial charge on any atom is 0.147 e. The first-order chi connectivity index (χ1) is 13.8. The molecule has 6 heteroatoms. The molecule has 3 heterocycles. The molecule has 28 heavy (non-hydrogen) atoms. The summed E-state index contributed by atoms with van der Waals surface area (Å²) in [6.45, 7) is 4.61. The molecule has 2 aliphatic rings. The van der Waals surface area contributed by atoms with E-state index in [9.17, 15) is 5.11 Å². The molecule has 1 unspecified atom stereocenters. The topological polar surface area (TPSA) is 62.0 Å². The first kappa shape index (κ1) is 17.7. The van der Waals surface area contributed by atoms with Gasteiger partial charge in [0.05, 0.1) is 25.1 Å². The minimum absolute atomic E-state index is 0.364. The van der Waals surface area contributed by atoms with Gasteiger partial charge in [-0.1, -0.05) is 30.3 Å². The van der Waals surface area contributed by atoms with Crippen LogP contribution in [0.1, 0.15) is 18.4 Å². The van der Waals surface area contributed by atoms with Gasteiger partial charge in [-0.15, -0.1) is 0 Å². The smallest absolute Gasteiger partial charge is 0.147 e. The number of imidazole rings is 1. The van der Waals surface area contributed by atoms with Gasteiger partial charge in [0.2, 0.25) is 0 Å². The number of nitrogens with zero attached hydrogens (tertiary/aromatic N) is 3. The number of anilines is 1. The minimum atomic E-state index is -0.507. The highest BCUT2D eigenvalue weighted by Crippen LogP contribution is 2.33. The zero-order chi connectivity index (χ0) is 18.9. The summed E-state index contributed by atoms with van der Waals surface area (Å²) in [5, 5.41) is 13.3. The number of aromatic nitrogens is 2. The number of hydrogen-bond acceptors (Lipinski definition) is 5. The lowest BCUT2D eigenvalue weighted by atomic mass is 10.1. The van der Waals surface area contributed by atoms with E-state index in [1.807, 2.05) is 18.3 Å². The number of morpholine rings is 1. The highest BCUT2D eigenvalue weighted by atomic mass is 16.5. The van der Waals surface area contributed by atoms with E-state index in [0.29, 0.717) is 5.92 Å². The average molecular weight is 378 g/mol. The molecule has 2 N–H and O–H groups in total. The molecular formula is C22H26N4O2. The lowest BCUT2D eigenvalue weighted by Crippen LogP contribution is -2.35. The molecule has 2 fully saturated rings. The summed E-state index contributed by atoms with van der Waals surface area (Å²) in [6, 6.07) is 14.9. The Labute approximate surface area is 164 Å². The molecule has 5 rings (SSSR count). The summed E-state index contributed by atoms with van der Waals surface area (Å²) in [7, 11) is 0. The number of pyridine rings is 1. The third-order valence-electron chi connectivity index (χ3n) is 5.62. The van der Waals surface area contributed by atoms with Crippen LogP contribution in [0.25, 0.3) is 16.9 Å². The Bertz CT molecular complexity index is 943. The minimum Gasteiger partial charge on any atom is -0.379 e. The SMILES string of the molecule is OC(Nc1cn2c(-c3ccc(CN4CCOCC4)cc3)cccc2n1)C1CC1. The van der Waals surface area contributed by atoms with Gasteiger partial charge in [-0.2, -0.15) is 0 Å². The average Bonchev–Trinajstić information content (AvgIpc) is 3.49. The molecule has 2 aromatic heterocycles. The standard InChI is InChI=1S/C22H26N4O2/c27-22(18-8-9-18)24-20-15-26-19(2-1-3-21(26)23-20)17-6-4-16(5-7-17)14-25-10-12-28-13-11-25/h1-7,15,18,22,24,27H,8-14H2. The van der Waals surface area contributed by atoms with Crippen LogP contribution in [0.15, 0.2) is 48.7 Å². The van der Waals surface area contributed by atoms with Crippen molar-refractivity contribution < 1.29 is 9.84 Å². The molecule has 1 atom stereocenters. The van der Waals surface area contributed by atoms with Crippen LogP contribution in [0.2, 0.25) is 0 Å². The molecule has 0 radical (unpaired) electrons. The lowest BCUT2D eigenvalue weighted by molar-refractivity contribution is 0.0342. The summed E-state index contributed by atoms with van der Waals surface area (Å²) >= 11 is 0. The van der Waals surface area contributed by atoms with Gasteiger partial charge in [0, 0.05) is 25.6 Å². The number of hydrogen-bond donors (Lipinski definition) is 2. The third kappa shape index (κ3) is 3.76. The highest BCUT2D eigenvalue weighted by molar-refractivity contribution is 5.65. The fourth-order valence-corrected chi connectivity index (χ4v) is 3.80. The quantitative estimate of drug-likeness (QED) is 0.646. The first-order valence-electron chi connectivity index (χ1n) is 10.1. The summed E-state index contributed by atoms with van der Waals surface area (Å²) in [5.74, 6) is 1.08. The number of fused-ring (bicyclic) bond motifs is 1. The monoisotopic (exact) mass is 378 g/mol. The summed E-state index contributed by atoms with van der Waals surface area (Å²) in [5.41, 5.74) is 4.44. The maximum absolute atomic E-state index is 10.1. The van der Waals surface area contributed by atoms with Crippen LogP contribution in [-0.4, -0.2) is 51.9 Å². The first-order valence-corrected chi connectivity index (χ1v) is 10.1. The van der Waals surface area contributed by atoms with Gasteiger partial charge >= 0.3 is 0 Å². The van der Waals surface area contributed by atoms with Crippen molar-refractivity contribution in [3.8, 4) is 11.3 Å². The Morgan fingerprint density at radius 1 is 1.11 bits per heavy atom. The Kier molecular flexibility index (Phi) is 4.76. The van der Waals surface area contributed by atoms with E-state index in [0.717, 1.165) is 68.4 Å². The number of aliphatic hydroxyl groups is 1. The predicted molar refractivity (Wildman–Crippen MR) is 109 cm³/mol. The molecular weight excluding hydrogens is 352 g/mol. The number of nitrogens with one attached hydrogen (secondary N) is 1. The molecule has 0 amide bonds. The maximum atomic E-state index is 10.1. The zero-order valence-corrected chi connectivity index (χ0v) is 15.9. The summed E-state index contributed by atoms with van der Waals surface area (Å²) < 4.78 is 7.51. The van der Waals surface area contributed by atoms with Crippen molar-refractivity contribution >= 4 is 11.5 Å². The van der Waals surface area contributed by atoms with Gasteiger partial charge in [0.25, 0.3) is 0 Å². The van der Waals surface area contributed by atoms with Crippen molar-refractivity contribution in [1.82, 2.24) is 14.3 Å². The molecule has 1 saturated heterocycles. The van der Waals surface area contributed by atoms with E-state index >= 15 is 0 Å². The Morgan fingerprint density at radius 2 is 1.89 bits per heavy atom. The molecule has 1 aromatic carbocycles. The third-order valence-corrected chi connectivity index (χ3v) is 5.62. The Morgan fingerprint density at radius 3 is 2.64 bits per heavy atom. The number of rotatable bonds is 6. The molecule has 0 spiro atoms. The lowest BCUT2D eigenvalue weighted by Gasteiger charge is -2.26. The fraction of sp³-hybridized carbons (Fsp3) is 0.409. The van der Waals surface area contributed by atoms with E-state index in [2.05, 4.69) is 49.9 Å². The van der Waals surface area contributed by atoms with Gasteiger partial charge in [-0.3, -0.25) is 9.30 Å². The van der Waals surface area contributed by atoms with Crippen LogP contribution in [0, 0.1) is 5.92 Å². The van der Waals surface area contributed by atoms with E-state index in [1.54, 1.807) is 0 Å². The van der Waals surface area contributed by atoms with Crippen LogP contribution in [0.3, 0.4) is 0 Å². The molecule has 1 saturated carbocycles. The second-order valence-electron chi connectivity index (χ2n) is 7.78. The van der Waals surface area contributed by atoms with Crippen LogP contribution >= 0.6 is 0 Å². The number of ether oxygens (including phenoxy) is 1. The van der Waals surface area contributed by atoms with E-state index in [4.69, 9.17) is 4.74 Å². The molecule has 1 aliphatic heterocycles. The van der Waals surface area contributed by atoms with Crippen molar-refractivity contribution in [2.24, 2.45) is 5.92 Å². The van der Waals surface area contributed by atoms with Gasteiger partial charge < -0.3 is 15.2 Å². The molecule has 1 aliphatic carbocycles. The van der Waals surface area contributed by atoms with Gasteiger partial charge in [-0.25, -0.2) is 4.98 Å². The zero-order valence-electron chi connectivity index (χ0n) is 15.9. The van der Waals surface area contributed by atoms with Crippen molar-refractivity contribution in [2.75, 3.05) is 31.6 Å². The van der Waals surface area contributed by atoms with Crippen LogP contribution in [-0.2, 0) is 11.3 Å². The normalized spacial score (nSPS) is 19.0. The van der Waals surface area contributed by atoms with Crippen molar-refractivity contribution in [3.05, 3.63) is 54.2 Å². The number of benzene rings is 1. The van der Waals surface area contributed by atoms with Crippen LogP contribution < -0.4 is 5.32 Å². The summed E-state index contributed by atoms with van der Waals surface area (Å²) in [6.07, 6.45) is 3.64. The van der Waals surface area contributed by atoms with E-state index in [1.165, 1.54) is 5.56 Å². The number of aliphatic hydroxyl groups excluding tert-OH is 1. The largest absolute Gasteiger partial charge is 0.379 e. The Balaban J connectivity index is 1.36. The molecule has 6 nitrogen and oxygen atoms in total. The fourth-order valence-electron chi connectivity index (χ4n) is 3.80. The van der Waals surface area contributed by atoms with Gasteiger partial charge in [-0.05, 0) is 36.1 Å². The predicted octanol–water partition coefficient (Wildman–Crippen LogP) is 2.97. The van der Waals surface area contributed by atoms with Crippen molar-refractivity contribution in [2.45, 2.75) is 25.6 Å². The molecule has 3 aromatic rings. The van der Waals surface area contributed by atoms with Crippen molar-refractivity contribution in [3.63, 3.8) is 0 Å². The second-order valence-corrected chi connectivity index (χ2v) is 7.78. The van der Waals surface area contributed by atoms with E-state index in [-0.39, 0.29) is 0 Å². The van der Waals surface area contributed by atoms with Gasteiger partial charge in [0.15, 0.2) is 0 Å². The summed E-state index contributed by atoms with van der Waals surface area (Å²) in [4.78, 5) is 7.05.